The molecule has 0 N–H and O–H groups in total. The van der Waals surface area contributed by atoms with Gasteiger partial charge in [0.05, 0.1) is 0 Å². The summed E-state index contributed by atoms with van der Waals surface area (Å²) in [5.74, 6) is 2.48. The molecule has 4 heteroatoms. The van der Waals surface area contributed by atoms with Crippen LogP contribution in [0, 0.1) is 13.8 Å². The summed E-state index contributed by atoms with van der Waals surface area (Å²) >= 11 is 0. The van der Waals surface area contributed by atoms with Crippen LogP contribution in [0.3, 0.4) is 0 Å². The van der Waals surface area contributed by atoms with Gasteiger partial charge in [-0.1, -0.05) is 54.6 Å². The highest BCUT2D eigenvalue weighted by Crippen LogP contribution is 2.51. The average molecular weight is 397 g/mol. The van der Waals surface area contributed by atoms with Crippen LogP contribution in [0.15, 0.2) is 91.0 Å². The molecule has 0 amide bonds. The van der Waals surface area contributed by atoms with Crippen molar-refractivity contribution in [2.45, 2.75) is 13.8 Å². The van der Waals surface area contributed by atoms with Crippen LogP contribution in [0.5, 0.6) is 40.2 Å². The highest BCUT2D eigenvalue weighted by atomic mass is 16.5. The third-order valence-corrected chi connectivity index (χ3v) is 4.66. The number of hydrogen-bond acceptors (Lipinski definition) is 3. The SMILES string of the molecule is Cc1c([O])c(Oc2ccccc2)c(Oc2ccccc2)c(C)c1Oc1ccccc1. The molecule has 149 valence electrons. The number of ether oxygens (including phenoxy) is 3. The van der Waals surface area contributed by atoms with Gasteiger partial charge in [0.25, 0.3) is 0 Å². The number of hydrogen-bond donors (Lipinski definition) is 0. The van der Waals surface area contributed by atoms with Crippen molar-refractivity contribution in [3.05, 3.63) is 102 Å². The van der Waals surface area contributed by atoms with Crippen LogP contribution in [0.2, 0.25) is 0 Å². The lowest BCUT2D eigenvalue weighted by atomic mass is 10.1. The normalized spacial score (nSPS) is 10.5. The van der Waals surface area contributed by atoms with Crippen LogP contribution in [-0.4, -0.2) is 0 Å². The predicted octanol–water partition coefficient (Wildman–Crippen LogP) is 7.82. The molecule has 0 bridgehead atoms. The molecule has 0 spiro atoms. The summed E-state index contributed by atoms with van der Waals surface area (Å²) in [5.41, 5.74) is 1.15. The number of benzene rings is 4. The van der Waals surface area contributed by atoms with Gasteiger partial charge in [-0.2, -0.15) is 0 Å². The molecule has 0 fully saturated rings. The van der Waals surface area contributed by atoms with Gasteiger partial charge in [-0.3, -0.25) is 5.11 Å². The fourth-order valence-corrected chi connectivity index (χ4v) is 3.12. The van der Waals surface area contributed by atoms with Crippen molar-refractivity contribution < 1.29 is 19.3 Å². The zero-order valence-electron chi connectivity index (χ0n) is 16.8. The first-order valence-corrected chi connectivity index (χ1v) is 9.66. The van der Waals surface area contributed by atoms with Crippen molar-refractivity contribution in [3.8, 4) is 40.2 Å². The predicted molar refractivity (Wildman–Crippen MR) is 116 cm³/mol. The summed E-state index contributed by atoms with van der Waals surface area (Å²) in [7, 11) is 0. The molecule has 0 aliphatic heterocycles. The molecular formula is C26H21O4. The second-order valence-electron chi connectivity index (χ2n) is 6.81. The van der Waals surface area contributed by atoms with E-state index in [-0.39, 0.29) is 11.5 Å². The molecule has 0 aliphatic carbocycles. The van der Waals surface area contributed by atoms with E-state index < -0.39 is 0 Å². The highest BCUT2D eigenvalue weighted by molar-refractivity contribution is 5.67. The van der Waals surface area contributed by atoms with Crippen LogP contribution in [0.1, 0.15) is 11.1 Å². The van der Waals surface area contributed by atoms with Crippen molar-refractivity contribution >= 4 is 0 Å². The van der Waals surface area contributed by atoms with Crippen LogP contribution in [-0.2, 0) is 5.11 Å². The summed E-state index contributed by atoms with van der Waals surface area (Å²) in [6.45, 7) is 3.60. The molecule has 0 saturated carbocycles. The summed E-state index contributed by atoms with van der Waals surface area (Å²) in [6, 6.07) is 27.8. The van der Waals surface area contributed by atoms with Gasteiger partial charge in [-0.05, 0) is 50.2 Å². The molecule has 0 saturated heterocycles. The van der Waals surface area contributed by atoms with Gasteiger partial charge in [0.1, 0.15) is 23.0 Å². The molecule has 4 rings (SSSR count). The third kappa shape index (κ3) is 4.08. The monoisotopic (exact) mass is 397 g/mol. The molecule has 0 aliphatic rings. The Bertz CT molecular complexity index is 1120. The van der Waals surface area contributed by atoms with Crippen molar-refractivity contribution in [2.24, 2.45) is 0 Å². The molecule has 4 nitrogen and oxygen atoms in total. The Morgan fingerprint density at radius 1 is 0.467 bits per heavy atom. The van der Waals surface area contributed by atoms with Crippen molar-refractivity contribution in [3.63, 3.8) is 0 Å². The lowest BCUT2D eigenvalue weighted by molar-refractivity contribution is 0.312. The Morgan fingerprint density at radius 3 is 1.27 bits per heavy atom. The van der Waals surface area contributed by atoms with E-state index in [1.165, 1.54) is 0 Å². The zero-order chi connectivity index (χ0) is 20.9. The van der Waals surface area contributed by atoms with E-state index in [9.17, 15) is 5.11 Å². The molecular weight excluding hydrogens is 376 g/mol. The van der Waals surface area contributed by atoms with E-state index in [0.717, 1.165) is 0 Å². The number of rotatable bonds is 6. The van der Waals surface area contributed by atoms with E-state index in [1.807, 2.05) is 85.8 Å². The second-order valence-corrected chi connectivity index (χ2v) is 6.81. The van der Waals surface area contributed by atoms with Crippen LogP contribution >= 0.6 is 0 Å². The Morgan fingerprint density at radius 2 is 0.833 bits per heavy atom. The van der Waals surface area contributed by atoms with E-state index >= 15 is 0 Å². The van der Waals surface area contributed by atoms with Gasteiger partial charge in [0.2, 0.25) is 11.5 Å². The first kappa shape index (κ1) is 19.4. The lowest BCUT2D eigenvalue weighted by Gasteiger charge is -2.20. The highest BCUT2D eigenvalue weighted by Gasteiger charge is 2.26. The third-order valence-electron chi connectivity index (χ3n) is 4.66. The van der Waals surface area contributed by atoms with E-state index in [4.69, 9.17) is 14.2 Å². The molecule has 0 unspecified atom stereocenters. The quantitative estimate of drug-likeness (QED) is 0.333. The van der Waals surface area contributed by atoms with Crippen molar-refractivity contribution in [2.75, 3.05) is 0 Å². The Kier molecular flexibility index (Phi) is 5.57. The van der Waals surface area contributed by atoms with Crippen LogP contribution in [0.25, 0.3) is 0 Å². The maximum absolute atomic E-state index is 13.3. The standard InChI is InChI=1S/C26H21O4/c1-18-23(27)26(30-22-16-10-5-11-17-22)25(29-21-14-8-4-9-15-21)19(2)24(18)28-20-12-6-3-7-13-20/h3-17H,1-2H3. The molecule has 1 radical (unpaired) electrons. The Labute approximate surface area is 175 Å². The van der Waals surface area contributed by atoms with Crippen LogP contribution < -0.4 is 14.2 Å². The molecule has 0 heterocycles. The molecule has 30 heavy (non-hydrogen) atoms. The van der Waals surface area contributed by atoms with E-state index in [2.05, 4.69) is 0 Å². The average Bonchev–Trinajstić information content (AvgIpc) is 2.79. The summed E-state index contributed by atoms with van der Waals surface area (Å²) in [6.07, 6.45) is 0. The Balaban J connectivity index is 1.83. The lowest BCUT2D eigenvalue weighted by Crippen LogP contribution is -1.99. The van der Waals surface area contributed by atoms with Gasteiger partial charge in [0.15, 0.2) is 5.75 Å². The van der Waals surface area contributed by atoms with Gasteiger partial charge in [0, 0.05) is 11.1 Å². The van der Waals surface area contributed by atoms with Gasteiger partial charge >= 0.3 is 0 Å². The molecule has 4 aromatic carbocycles. The molecule has 0 atom stereocenters. The zero-order valence-corrected chi connectivity index (χ0v) is 16.8. The maximum atomic E-state index is 13.3. The largest absolute Gasteiger partial charge is 0.457 e. The summed E-state index contributed by atoms with van der Waals surface area (Å²) in [5, 5.41) is 13.3. The summed E-state index contributed by atoms with van der Waals surface area (Å²) < 4.78 is 18.2. The minimum atomic E-state index is -0.277. The first-order valence-electron chi connectivity index (χ1n) is 9.66. The van der Waals surface area contributed by atoms with Crippen molar-refractivity contribution in [1.29, 1.82) is 0 Å². The molecule has 0 aromatic heterocycles. The fourth-order valence-electron chi connectivity index (χ4n) is 3.12. The van der Waals surface area contributed by atoms with Gasteiger partial charge in [-0.25, -0.2) is 0 Å². The molecule has 4 aromatic rings. The van der Waals surface area contributed by atoms with E-state index in [0.29, 0.717) is 39.9 Å². The van der Waals surface area contributed by atoms with Gasteiger partial charge in [-0.15, -0.1) is 0 Å². The number of para-hydroxylation sites is 3. The second kappa shape index (κ2) is 8.62. The Hall–Kier alpha value is -3.92. The minimum Gasteiger partial charge on any atom is -0.457 e. The van der Waals surface area contributed by atoms with Crippen molar-refractivity contribution in [1.82, 2.24) is 0 Å². The topological polar surface area (TPSA) is 47.6 Å². The van der Waals surface area contributed by atoms with Gasteiger partial charge < -0.3 is 14.2 Å². The smallest absolute Gasteiger partial charge is 0.231 e. The minimum absolute atomic E-state index is 0.139. The maximum Gasteiger partial charge on any atom is 0.231 e. The fraction of sp³-hybridized carbons (Fsp3) is 0.0769. The van der Waals surface area contributed by atoms with Crippen LogP contribution in [0.4, 0.5) is 0 Å². The van der Waals surface area contributed by atoms with E-state index in [1.54, 1.807) is 19.1 Å². The first-order chi connectivity index (χ1) is 14.6. The summed E-state index contributed by atoms with van der Waals surface area (Å²) in [4.78, 5) is 0.